The fraction of sp³-hybridized carbons (Fsp3) is 0.368. The number of piperidine rings is 1. The van der Waals surface area contributed by atoms with E-state index in [1.54, 1.807) is 25.3 Å². The van der Waals surface area contributed by atoms with Gasteiger partial charge < -0.3 is 19.9 Å². The van der Waals surface area contributed by atoms with E-state index in [0.717, 1.165) is 31.5 Å². The van der Waals surface area contributed by atoms with Crippen molar-refractivity contribution in [3.8, 4) is 5.75 Å². The quantitative estimate of drug-likeness (QED) is 0.811. The normalized spacial score (nSPS) is 18.1. The third-order valence-electron chi connectivity index (χ3n) is 4.51. The zero-order valence-corrected chi connectivity index (χ0v) is 14.4. The van der Waals surface area contributed by atoms with Gasteiger partial charge in [-0.25, -0.2) is 0 Å². The van der Waals surface area contributed by atoms with Gasteiger partial charge in [-0.15, -0.1) is 0 Å². The van der Waals surface area contributed by atoms with E-state index in [2.05, 4.69) is 17.4 Å². The lowest BCUT2D eigenvalue weighted by molar-refractivity contribution is -0.205. The summed E-state index contributed by atoms with van der Waals surface area (Å²) in [4.78, 5) is 0. The molecule has 1 aliphatic heterocycles. The van der Waals surface area contributed by atoms with E-state index >= 15 is 0 Å². The number of rotatable bonds is 5. The molecule has 4 nitrogen and oxygen atoms in total. The van der Waals surface area contributed by atoms with Crippen LogP contribution in [0.1, 0.15) is 30.3 Å². The first-order chi connectivity index (χ1) is 11.6. The van der Waals surface area contributed by atoms with Gasteiger partial charge in [-0.3, -0.25) is 0 Å². The summed E-state index contributed by atoms with van der Waals surface area (Å²) in [6.07, 6.45) is 0.504. The first-order valence-corrected chi connectivity index (χ1v) is 8.48. The highest BCUT2D eigenvalue weighted by atomic mass is 35.5. The van der Waals surface area contributed by atoms with E-state index in [1.807, 2.05) is 18.2 Å². The van der Waals surface area contributed by atoms with E-state index in [9.17, 15) is 5.11 Å². The summed E-state index contributed by atoms with van der Waals surface area (Å²) in [7, 11) is 1.55. The van der Waals surface area contributed by atoms with Crippen molar-refractivity contribution in [2.24, 2.45) is 0 Å². The van der Waals surface area contributed by atoms with E-state index in [-0.39, 0.29) is 0 Å². The predicted molar refractivity (Wildman–Crippen MR) is 94.3 cm³/mol. The Balaban J connectivity index is 1.91. The summed E-state index contributed by atoms with van der Waals surface area (Å²) in [6.45, 7) is 1.69. The second kappa shape index (κ2) is 7.53. The van der Waals surface area contributed by atoms with Crippen LogP contribution in [-0.4, -0.2) is 25.3 Å². The summed E-state index contributed by atoms with van der Waals surface area (Å²) in [5.41, 5.74) is 1.14. The number of ether oxygens (including phenoxy) is 2. The molecule has 0 saturated carbocycles. The van der Waals surface area contributed by atoms with Crippen LogP contribution in [0.5, 0.6) is 5.75 Å². The maximum atomic E-state index is 10.7. The molecule has 0 amide bonds. The molecule has 2 aromatic rings. The Morgan fingerprint density at radius 1 is 1.12 bits per heavy atom. The lowest BCUT2D eigenvalue weighted by Crippen LogP contribution is -2.42. The fourth-order valence-corrected chi connectivity index (χ4v) is 3.38. The molecule has 1 aliphatic rings. The van der Waals surface area contributed by atoms with Crippen LogP contribution >= 0.6 is 11.6 Å². The number of halogens is 1. The monoisotopic (exact) mass is 347 g/mol. The van der Waals surface area contributed by atoms with Crippen LogP contribution in [0.2, 0.25) is 5.02 Å². The molecule has 1 heterocycles. The minimum absolute atomic E-state index is 0.517. The fourth-order valence-electron chi connectivity index (χ4n) is 3.21. The number of benzene rings is 2. The zero-order valence-electron chi connectivity index (χ0n) is 13.7. The smallest absolute Gasteiger partial charge is 0.185 e. The summed E-state index contributed by atoms with van der Waals surface area (Å²) in [5, 5.41) is 14.6. The van der Waals surface area contributed by atoms with Gasteiger partial charge in [0.25, 0.3) is 0 Å². The Bertz CT molecular complexity index is 672. The van der Waals surface area contributed by atoms with Crippen LogP contribution in [0, 0.1) is 0 Å². The summed E-state index contributed by atoms with van der Waals surface area (Å²) >= 11 is 6.00. The zero-order chi connectivity index (χ0) is 17.0. The number of hydrogen-bond acceptors (Lipinski definition) is 4. The number of nitrogens with one attached hydrogen (secondary N) is 1. The van der Waals surface area contributed by atoms with Crippen molar-refractivity contribution in [3.63, 3.8) is 0 Å². The molecule has 0 radical (unpaired) electrons. The van der Waals surface area contributed by atoms with Crippen LogP contribution < -0.4 is 10.1 Å². The number of methoxy groups -OCH3 is 1. The Hall–Kier alpha value is -1.59. The Kier molecular flexibility index (Phi) is 5.41. The van der Waals surface area contributed by atoms with Crippen LogP contribution in [0.15, 0.2) is 48.5 Å². The molecular weight excluding hydrogens is 326 g/mol. The van der Waals surface area contributed by atoms with Crippen LogP contribution in [0.25, 0.3) is 0 Å². The van der Waals surface area contributed by atoms with Crippen molar-refractivity contribution in [2.45, 2.75) is 24.7 Å². The van der Waals surface area contributed by atoms with Gasteiger partial charge in [-0.1, -0.05) is 41.9 Å². The molecule has 3 rings (SSSR count). The highest BCUT2D eigenvalue weighted by molar-refractivity contribution is 6.30. The third-order valence-corrected chi connectivity index (χ3v) is 4.75. The molecule has 128 valence electrons. The van der Waals surface area contributed by atoms with E-state index < -0.39 is 11.9 Å². The second-order valence-corrected chi connectivity index (χ2v) is 6.40. The molecule has 2 N–H and O–H groups in total. The van der Waals surface area contributed by atoms with Crippen LogP contribution in [-0.2, 0) is 10.3 Å². The number of aliphatic hydroxyl groups excluding tert-OH is 1. The largest absolute Gasteiger partial charge is 0.496 e. The second-order valence-electron chi connectivity index (χ2n) is 5.97. The summed E-state index contributed by atoms with van der Waals surface area (Å²) < 4.78 is 11.6. The maximum absolute atomic E-state index is 10.7. The number of aliphatic hydroxyl groups is 1. The van der Waals surface area contributed by atoms with Gasteiger partial charge in [0, 0.05) is 10.6 Å². The van der Waals surface area contributed by atoms with Gasteiger partial charge >= 0.3 is 0 Å². The van der Waals surface area contributed by atoms with Crippen molar-refractivity contribution in [2.75, 3.05) is 20.2 Å². The van der Waals surface area contributed by atoms with Gasteiger partial charge in [0.05, 0.1) is 12.7 Å². The van der Waals surface area contributed by atoms with Crippen molar-refractivity contribution < 1.29 is 14.6 Å². The van der Waals surface area contributed by atoms with E-state index in [1.165, 1.54) is 0 Å². The molecule has 0 spiro atoms. The van der Waals surface area contributed by atoms with Gasteiger partial charge in [0.15, 0.2) is 6.29 Å². The summed E-state index contributed by atoms with van der Waals surface area (Å²) in [6, 6.07) is 15.2. The van der Waals surface area contributed by atoms with E-state index in [0.29, 0.717) is 16.3 Å². The van der Waals surface area contributed by atoms with E-state index in [4.69, 9.17) is 21.1 Å². The van der Waals surface area contributed by atoms with Gasteiger partial charge in [-0.05, 0) is 49.7 Å². The van der Waals surface area contributed by atoms with Crippen molar-refractivity contribution >= 4 is 11.6 Å². The third kappa shape index (κ3) is 3.57. The van der Waals surface area contributed by atoms with Gasteiger partial charge in [0.2, 0.25) is 0 Å². The Morgan fingerprint density at radius 2 is 1.83 bits per heavy atom. The minimum Gasteiger partial charge on any atom is -0.496 e. The molecule has 1 atom stereocenters. The summed E-state index contributed by atoms with van der Waals surface area (Å²) in [5.74, 6) is 0.521. The first-order valence-electron chi connectivity index (χ1n) is 8.10. The molecular formula is C19H22ClNO3. The molecule has 2 aromatic carbocycles. The SMILES string of the molecule is COc1cc(Cl)ccc1C(O)OC1(c2ccccc2)CCNCC1. The molecule has 5 heteroatoms. The molecule has 24 heavy (non-hydrogen) atoms. The molecule has 1 saturated heterocycles. The van der Waals surface area contributed by atoms with Crippen LogP contribution in [0.3, 0.4) is 0 Å². The molecule has 0 aromatic heterocycles. The van der Waals surface area contributed by atoms with Crippen molar-refractivity contribution in [1.29, 1.82) is 0 Å². The molecule has 1 unspecified atom stereocenters. The lowest BCUT2D eigenvalue weighted by Gasteiger charge is -2.39. The highest BCUT2D eigenvalue weighted by Gasteiger charge is 2.37. The van der Waals surface area contributed by atoms with Crippen LogP contribution in [0.4, 0.5) is 0 Å². The Labute approximate surface area is 147 Å². The molecule has 0 aliphatic carbocycles. The van der Waals surface area contributed by atoms with Crippen molar-refractivity contribution in [1.82, 2.24) is 5.32 Å². The average Bonchev–Trinajstić information content (AvgIpc) is 2.63. The molecule has 1 fully saturated rings. The predicted octanol–water partition coefficient (Wildman–Crippen LogP) is 3.64. The van der Waals surface area contributed by atoms with Crippen molar-refractivity contribution in [3.05, 3.63) is 64.7 Å². The topological polar surface area (TPSA) is 50.7 Å². The van der Waals surface area contributed by atoms with Gasteiger partial charge in [0.1, 0.15) is 5.75 Å². The number of hydrogen-bond donors (Lipinski definition) is 2. The lowest BCUT2D eigenvalue weighted by atomic mass is 9.84. The Morgan fingerprint density at radius 3 is 2.50 bits per heavy atom. The first kappa shape index (κ1) is 17.2. The highest BCUT2D eigenvalue weighted by Crippen LogP contribution is 2.40. The standard InChI is InChI=1S/C19H22ClNO3/c1-23-17-13-15(20)7-8-16(17)18(22)24-19(9-11-21-12-10-19)14-5-3-2-4-6-14/h2-8,13,18,21-22H,9-12H2,1H3. The average molecular weight is 348 g/mol. The molecule has 0 bridgehead atoms. The minimum atomic E-state index is -1.09. The maximum Gasteiger partial charge on any atom is 0.185 e. The van der Waals surface area contributed by atoms with Gasteiger partial charge in [-0.2, -0.15) is 0 Å².